The van der Waals surface area contributed by atoms with Crippen LogP contribution in [0.1, 0.15) is 125 Å². The van der Waals surface area contributed by atoms with Gasteiger partial charge in [-0.15, -0.1) is 0 Å². The first-order chi connectivity index (χ1) is 20.3. The summed E-state index contributed by atoms with van der Waals surface area (Å²) >= 11 is 0. The summed E-state index contributed by atoms with van der Waals surface area (Å²) in [6.07, 6.45) is 10.9. The Balaban J connectivity index is 1.64. The Hall–Kier alpha value is -2.21. The van der Waals surface area contributed by atoms with E-state index in [9.17, 15) is 19.7 Å². The number of carbonyl (C=O) groups excluding carboxylic acids is 2. The summed E-state index contributed by atoms with van der Waals surface area (Å²) < 4.78 is 13.3. The first kappa shape index (κ1) is 35.3. The molecular formula is C31H56BN5O6. The Morgan fingerprint density at radius 3 is 2.47 bits per heavy atom. The van der Waals surface area contributed by atoms with E-state index in [4.69, 9.17) is 15.0 Å². The maximum Gasteiger partial charge on any atom is 0.481 e. The molecule has 0 aromatic heterocycles. The van der Waals surface area contributed by atoms with E-state index in [0.29, 0.717) is 43.4 Å². The van der Waals surface area contributed by atoms with Crippen molar-refractivity contribution in [3.05, 3.63) is 10.1 Å². The number of hydrogen-bond acceptors (Lipinski definition) is 7. The molecule has 11 nitrogen and oxygen atoms in total. The number of carbonyl (C=O) groups is 2. The Morgan fingerprint density at radius 2 is 1.81 bits per heavy atom. The van der Waals surface area contributed by atoms with Crippen LogP contribution in [-0.2, 0) is 18.9 Å². The fourth-order valence-corrected chi connectivity index (χ4v) is 7.59. The van der Waals surface area contributed by atoms with E-state index in [2.05, 4.69) is 51.9 Å². The lowest BCUT2D eigenvalue weighted by molar-refractivity contribution is -0.525. The number of nitrogens with two attached hydrogens (primary N) is 1. The molecule has 4 N–H and O–H groups in total. The van der Waals surface area contributed by atoms with Gasteiger partial charge >= 0.3 is 7.12 Å². The average Bonchev–Trinajstić information content (AvgIpc) is 3.28. The summed E-state index contributed by atoms with van der Waals surface area (Å²) in [5, 5.41) is 13.1. The van der Waals surface area contributed by atoms with Crippen LogP contribution in [0, 0.1) is 39.2 Å². The Morgan fingerprint density at radius 1 is 1.12 bits per heavy atom. The quantitative estimate of drug-likeness (QED) is 0.0464. The summed E-state index contributed by atoms with van der Waals surface area (Å²) in [7, 11) is -0.534. The lowest BCUT2D eigenvalue weighted by Crippen LogP contribution is -2.65. The van der Waals surface area contributed by atoms with Crippen molar-refractivity contribution in [2.75, 3.05) is 6.54 Å². The Labute approximate surface area is 258 Å². The van der Waals surface area contributed by atoms with Gasteiger partial charge in [-0.1, -0.05) is 72.1 Å². The van der Waals surface area contributed by atoms with E-state index in [1.807, 2.05) is 5.43 Å². The molecule has 0 unspecified atom stereocenters. The second-order valence-electron chi connectivity index (χ2n) is 14.3. The molecule has 0 aromatic rings. The van der Waals surface area contributed by atoms with Gasteiger partial charge in [0.05, 0.1) is 17.6 Å². The second-order valence-corrected chi connectivity index (χ2v) is 14.3. The topological polar surface area (TPSA) is 158 Å². The third-order valence-electron chi connectivity index (χ3n) is 10.2. The maximum atomic E-state index is 13.8. The first-order valence-corrected chi connectivity index (χ1v) is 16.6. The number of nitrogens with zero attached hydrogens (tertiary/aromatic N) is 2. The normalized spacial score (nSPS) is 27.3. The number of ketones is 1. The molecule has 1 aliphatic heterocycles. The van der Waals surface area contributed by atoms with Gasteiger partial charge in [0, 0.05) is 25.3 Å². The highest BCUT2D eigenvalue weighted by atomic mass is 16.7. The minimum absolute atomic E-state index is 0.0200. The van der Waals surface area contributed by atoms with Gasteiger partial charge in [0.15, 0.2) is 5.03 Å². The predicted octanol–water partition coefficient (Wildman–Crippen LogP) is 4.99. The first-order valence-electron chi connectivity index (χ1n) is 16.6. The smallest absolute Gasteiger partial charge is 0.404 e. The van der Waals surface area contributed by atoms with Crippen LogP contribution in [0.4, 0.5) is 0 Å². The SMILES string of the molecule is CCCCCCCCC(=O)C[C@@H](CCCN=C(N)N[N+](=O)[O-])C(=O)N[C@@H](CC(C)C)B1O[C@@H]2C[C@@H]3C[C@@H](C3(C)C)[C@]2(C)O1. The van der Waals surface area contributed by atoms with Crippen molar-refractivity contribution in [3.8, 4) is 0 Å². The zero-order valence-electron chi connectivity index (χ0n) is 27.4. The van der Waals surface area contributed by atoms with Gasteiger partial charge in [-0.25, -0.2) is 15.1 Å². The molecule has 12 heteroatoms. The van der Waals surface area contributed by atoms with E-state index in [1.54, 1.807) is 0 Å². The van der Waals surface area contributed by atoms with Gasteiger partial charge in [0.25, 0.3) is 5.96 Å². The van der Waals surface area contributed by atoms with E-state index in [1.165, 1.54) is 19.3 Å². The standard InChI is InChI=1S/C31H56BN5O6/c1-7-8-9-10-11-12-15-24(38)18-22(14-13-16-34-29(33)36-37(40)41)28(39)35-27(17-21(2)3)32-42-26-20-23-19-25(30(23,4)5)31(26,6)43-32/h21-23,25-27H,7-20H2,1-6H3,(H,35,39)(H3,33,34,36)/t22-,23+,25+,26-,27+,31+/m1/s1. The van der Waals surface area contributed by atoms with Crippen LogP contribution < -0.4 is 16.5 Å². The minimum atomic E-state index is -0.765. The van der Waals surface area contributed by atoms with Crippen molar-refractivity contribution in [1.29, 1.82) is 0 Å². The molecule has 0 radical (unpaired) electrons. The molecule has 1 heterocycles. The molecule has 2 bridgehead atoms. The van der Waals surface area contributed by atoms with Crippen molar-refractivity contribution < 1.29 is 23.9 Å². The molecular weight excluding hydrogens is 549 g/mol. The van der Waals surface area contributed by atoms with Crippen molar-refractivity contribution >= 4 is 24.8 Å². The monoisotopic (exact) mass is 605 g/mol. The van der Waals surface area contributed by atoms with Crippen LogP contribution in [0.2, 0.25) is 0 Å². The van der Waals surface area contributed by atoms with Crippen LogP contribution in [-0.4, -0.2) is 54.0 Å². The minimum Gasteiger partial charge on any atom is -0.404 e. The highest BCUT2D eigenvalue weighted by Gasteiger charge is 2.68. The van der Waals surface area contributed by atoms with Crippen LogP contribution in [0.5, 0.6) is 0 Å². The van der Waals surface area contributed by atoms with Crippen LogP contribution in [0.3, 0.4) is 0 Å². The van der Waals surface area contributed by atoms with Crippen LogP contribution >= 0.6 is 0 Å². The number of nitro groups is 1. The highest BCUT2D eigenvalue weighted by molar-refractivity contribution is 6.47. The second kappa shape index (κ2) is 15.7. The predicted molar refractivity (Wildman–Crippen MR) is 168 cm³/mol. The molecule has 43 heavy (non-hydrogen) atoms. The van der Waals surface area contributed by atoms with Gasteiger partial charge in [0.1, 0.15) is 5.78 Å². The lowest BCUT2D eigenvalue weighted by Gasteiger charge is -2.64. The number of hydrogen-bond donors (Lipinski definition) is 3. The molecule has 3 aliphatic carbocycles. The summed E-state index contributed by atoms with van der Waals surface area (Å²) in [6, 6.07) is 0. The van der Waals surface area contributed by atoms with E-state index in [0.717, 1.165) is 32.1 Å². The average molecular weight is 606 g/mol. The molecule has 0 spiro atoms. The van der Waals surface area contributed by atoms with Gasteiger partial charge in [-0.3, -0.25) is 9.59 Å². The Kier molecular flexibility index (Phi) is 12.9. The molecule has 4 fully saturated rings. The molecule has 244 valence electrons. The highest BCUT2D eigenvalue weighted by Crippen LogP contribution is 2.65. The maximum absolute atomic E-state index is 13.8. The number of nitrogens with one attached hydrogen (secondary N) is 2. The van der Waals surface area contributed by atoms with Gasteiger partial charge in [0.2, 0.25) is 5.91 Å². The summed E-state index contributed by atoms with van der Waals surface area (Å²) in [6.45, 7) is 13.5. The number of hydrazine groups is 1. The molecule has 1 saturated heterocycles. The van der Waals surface area contributed by atoms with Crippen molar-refractivity contribution in [3.63, 3.8) is 0 Å². The fraction of sp³-hybridized carbons (Fsp3) is 0.903. The molecule has 3 saturated carbocycles. The summed E-state index contributed by atoms with van der Waals surface area (Å²) in [5.74, 6) is 0.121. The van der Waals surface area contributed by atoms with Crippen LogP contribution in [0.15, 0.2) is 4.99 Å². The van der Waals surface area contributed by atoms with Gasteiger partial charge in [-0.05, 0) is 68.6 Å². The molecule has 4 rings (SSSR count). The van der Waals surface area contributed by atoms with E-state index in [-0.39, 0.29) is 53.7 Å². The molecule has 1 amide bonds. The summed E-state index contributed by atoms with van der Waals surface area (Å²) in [4.78, 5) is 41.3. The number of aliphatic imine (C=N–C) groups is 1. The van der Waals surface area contributed by atoms with Crippen molar-refractivity contribution in [2.24, 2.45) is 39.8 Å². The van der Waals surface area contributed by atoms with Crippen LogP contribution in [0.25, 0.3) is 0 Å². The van der Waals surface area contributed by atoms with E-state index < -0.39 is 18.1 Å². The fourth-order valence-electron chi connectivity index (χ4n) is 7.59. The van der Waals surface area contributed by atoms with Crippen molar-refractivity contribution in [1.82, 2.24) is 10.7 Å². The lowest BCUT2D eigenvalue weighted by atomic mass is 9.43. The van der Waals surface area contributed by atoms with E-state index >= 15 is 0 Å². The number of unbranched alkanes of at least 4 members (excludes halogenated alkanes) is 5. The van der Waals surface area contributed by atoms with Gasteiger partial charge < -0.3 is 20.4 Å². The molecule has 6 atom stereocenters. The Bertz CT molecular complexity index is 994. The summed E-state index contributed by atoms with van der Waals surface area (Å²) in [5.41, 5.74) is 7.22. The number of rotatable bonds is 19. The number of Topliss-reactive ketones (excluding diaryl/α,β-unsaturated/α-hetero) is 1. The number of amides is 1. The molecule has 0 aromatic carbocycles. The molecule has 4 aliphatic rings. The zero-order chi connectivity index (χ0) is 31.8. The van der Waals surface area contributed by atoms with Gasteiger partial charge in [-0.2, -0.15) is 0 Å². The largest absolute Gasteiger partial charge is 0.481 e. The number of guanidine groups is 1. The zero-order valence-corrected chi connectivity index (χ0v) is 27.4. The third kappa shape index (κ3) is 9.39. The third-order valence-corrected chi connectivity index (χ3v) is 10.2. The van der Waals surface area contributed by atoms with Crippen molar-refractivity contribution in [2.45, 2.75) is 143 Å².